The maximum absolute atomic E-state index is 12.7. The number of likely N-dealkylation sites (tertiary alicyclic amines) is 1. The second kappa shape index (κ2) is 5.86. The highest BCUT2D eigenvalue weighted by Crippen LogP contribution is 2.26. The van der Waals surface area contributed by atoms with E-state index in [0.717, 1.165) is 30.9 Å². The monoisotopic (exact) mass is 297 g/mol. The predicted molar refractivity (Wildman–Crippen MR) is 81.2 cm³/mol. The second-order valence-electron chi connectivity index (χ2n) is 6.04. The van der Waals surface area contributed by atoms with Gasteiger partial charge in [-0.15, -0.1) is 0 Å². The molecular formula is C15H24ClN3O. The van der Waals surface area contributed by atoms with Gasteiger partial charge in [0.05, 0.1) is 28.4 Å². The van der Waals surface area contributed by atoms with E-state index >= 15 is 0 Å². The summed E-state index contributed by atoms with van der Waals surface area (Å²) in [5, 5.41) is 5.03. The van der Waals surface area contributed by atoms with Crippen LogP contribution in [0.2, 0.25) is 5.02 Å². The molecule has 2 rings (SSSR count). The van der Waals surface area contributed by atoms with E-state index in [4.69, 9.17) is 11.6 Å². The molecule has 0 amide bonds. The summed E-state index contributed by atoms with van der Waals surface area (Å²) in [4.78, 5) is 15.0. The number of halogens is 1. The Morgan fingerprint density at radius 1 is 1.35 bits per heavy atom. The number of aryl methyl sites for hydroxylation is 2. The minimum atomic E-state index is -0.420. The Kier molecular flexibility index (Phi) is 4.55. The first-order valence-electron chi connectivity index (χ1n) is 7.36. The Labute approximate surface area is 126 Å². The lowest BCUT2D eigenvalue weighted by atomic mass is 9.93. The molecule has 0 aliphatic carbocycles. The van der Waals surface area contributed by atoms with E-state index in [0.29, 0.717) is 11.4 Å². The molecule has 0 radical (unpaired) electrons. The smallest absolute Gasteiger partial charge is 0.158 e. The average molecular weight is 298 g/mol. The lowest BCUT2D eigenvalue weighted by molar-refractivity contribution is -0.128. The molecule has 2 heterocycles. The third-order valence-corrected chi connectivity index (χ3v) is 4.85. The number of nitrogens with zero attached hydrogens (tertiary/aromatic N) is 3. The maximum atomic E-state index is 12.7. The molecule has 0 spiro atoms. The minimum absolute atomic E-state index is 0.215. The molecule has 0 unspecified atom stereocenters. The van der Waals surface area contributed by atoms with Gasteiger partial charge in [0.2, 0.25) is 0 Å². The van der Waals surface area contributed by atoms with Crippen LogP contribution in [0.1, 0.15) is 45.0 Å². The predicted octanol–water partition coefficient (Wildman–Crippen LogP) is 2.62. The number of ketones is 1. The van der Waals surface area contributed by atoms with Crippen molar-refractivity contribution in [1.82, 2.24) is 14.7 Å². The Balaban J connectivity index is 2.17. The van der Waals surface area contributed by atoms with Gasteiger partial charge < -0.3 is 0 Å². The highest BCUT2D eigenvalue weighted by Gasteiger charge is 2.36. The van der Waals surface area contributed by atoms with Gasteiger partial charge in [0.15, 0.2) is 5.78 Å². The first-order valence-corrected chi connectivity index (χ1v) is 7.74. The summed E-state index contributed by atoms with van der Waals surface area (Å²) in [6, 6.07) is 0. The molecule has 1 saturated heterocycles. The van der Waals surface area contributed by atoms with Gasteiger partial charge in [-0.3, -0.25) is 14.4 Å². The van der Waals surface area contributed by atoms with Crippen molar-refractivity contribution < 1.29 is 4.79 Å². The van der Waals surface area contributed by atoms with Gasteiger partial charge in [-0.1, -0.05) is 18.5 Å². The lowest BCUT2D eigenvalue weighted by Crippen LogP contribution is -2.49. The standard InChI is InChI=1S/C15H24ClN3O/c1-5-11-14(16)12(18(4)17-11)10-13(20)15(2,3)19-8-6-7-9-19/h5-10H2,1-4H3. The van der Waals surface area contributed by atoms with Crippen molar-refractivity contribution in [3.05, 3.63) is 16.4 Å². The van der Waals surface area contributed by atoms with E-state index < -0.39 is 5.54 Å². The molecule has 20 heavy (non-hydrogen) atoms. The molecule has 1 aromatic rings. The van der Waals surface area contributed by atoms with Gasteiger partial charge in [-0.2, -0.15) is 5.10 Å². The number of aromatic nitrogens is 2. The normalized spacial score (nSPS) is 16.9. The molecule has 112 valence electrons. The summed E-state index contributed by atoms with van der Waals surface area (Å²) < 4.78 is 1.75. The Morgan fingerprint density at radius 3 is 2.45 bits per heavy atom. The molecule has 1 aromatic heterocycles. The van der Waals surface area contributed by atoms with Gasteiger partial charge in [-0.25, -0.2) is 0 Å². The van der Waals surface area contributed by atoms with Crippen LogP contribution in [-0.4, -0.2) is 39.1 Å². The maximum Gasteiger partial charge on any atom is 0.158 e. The SMILES string of the molecule is CCc1nn(C)c(CC(=O)C(C)(C)N2CCCC2)c1Cl. The van der Waals surface area contributed by atoms with E-state index in [9.17, 15) is 4.79 Å². The van der Waals surface area contributed by atoms with Crippen LogP contribution >= 0.6 is 11.6 Å². The first kappa shape index (κ1) is 15.5. The zero-order valence-electron chi connectivity index (χ0n) is 12.9. The molecular weight excluding hydrogens is 274 g/mol. The minimum Gasteiger partial charge on any atom is -0.297 e. The average Bonchev–Trinajstić information content (AvgIpc) is 3.02. The Bertz CT molecular complexity index is 501. The number of Topliss-reactive ketones (excluding diaryl/α,β-unsaturated/α-hetero) is 1. The lowest BCUT2D eigenvalue weighted by Gasteiger charge is -2.33. The van der Waals surface area contributed by atoms with Crippen molar-refractivity contribution in [2.75, 3.05) is 13.1 Å². The summed E-state index contributed by atoms with van der Waals surface area (Å²) in [5.74, 6) is 0.215. The number of carbonyl (C=O) groups is 1. The molecule has 4 nitrogen and oxygen atoms in total. The van der Waals surface area contributed by atoms with Crippen LogP contribution in [-0.2, 0) is 24.7 Å². The summed E-state index contributed by atoms with van der Waals surface area (Å²) in [7, 11) is 1.86. The molecule has 0 bridgehead atoms. The molecule has 0 atom stereocenters. The zero-order valence-corrected chi connectivity index (χ0v) is 13.6. The fourth-order valence-electron chi connectivity index (χ4n) is 2.83. The summed E-state index contributed by atoms with van der Waals surface area (Å²) in [6.45, 7) is 8.08. The van der Waals surface area contributed by atoms with E-state index in [1.54, 1.807) is 4.68 Å². The molecule has 1 aliphatic heterocycles. The Morgan fingerprint density at radius 2 is 1.95 bits per heavy atom. The van der Waals surface area contributed by atoms with Crippen molar-refractivity contribution >= 4 is 17.4 Å². The van der Waals surface area contributed by atoms with Crippen molar-refractivity contribution in [3.63, 3.8) is 0 Å². The zero-order chi connectivity index (χ0) is 14.9. The highest BCUT2D eigenvalue weighted by atomic mass is 35.5. The number of rotatable bonds is 5. The van der Waals surface area contributed by atoms with E-state index in [-0.39, 0.29) is 5.78 Å². The van der Waals surface area contributed by atoms with Gasteiger partial charge in [0, 0.05) is 7.05 Å². The van der Waals surface area contributed by atoms with Crippen molar-refractivity contribution in [3.8, 4) is 0 Å². The molecule has 0 aromatic carbocycles. The van der Waals surface area contributed by atoms with E-state index in [1.165, 1.54) is 12.8 Å². The topological polar surface area (TPSA) is 38.1 Å². The largest absolute Gasteiger partial charge is 0.297 e. The van der Waals surface area contributed by atoms with Gasteiger partial charge >= 0.3 is 0 Å². The van der Waals surface area contributed by atoms with Gasteiger partial charge in [0.25, 0.3) is 0 Å². The molecule has 0 N–H and O–H groups in total. The molecule has 1 fully saturated rings. The fourth-order valence-corrected chi connectivity index (χ4v) is 3.19. The summed E-state index contributed by atoms with van der Waals surface area (Å²) >= 11 is 6.33. The number of hydrogen-bond donors (Lipinski definition) is 0. The highest BCUT2D eigenvalue weighted by molar-refractivity contribution is 6.32. The number of hydrogen-bond acceptors (Lipinski definition) is 3. The van der Waals surface area contributed by atoms with E-state index in [2.05, 4.69) is 10.00 Å². The first-order chi connectivity index (χ1) is 9.37. The molecule has 5 heteroatoms. The third kappa shape index (κ3) is 2.77. The fraction of sp³-hybridized carbons (Fsp3) is 0.733. The van der Waals surface area contributed by atoms with Crippen LogP contribution in [0.4, 0.5) is 0 Å². The van der Waals surface area contributed by atoms with Gasteiger partial charge in [0.1, 0.15) is 0 Å². The van der Waals surface area contributed by atoms with Crippen LogP contribution < -0.4 is 0 Å². The Hall–Kier alpha value is -0.870. The van der Waals surface area contributed by atoms with Gasteiger partial charge in [-0.05, 0) is 46.2 Å². The van der Waals surface area contributed by atoms with E-state index in [1.807, 2.05) is 27.8 Å². The quantitative estimate of drug-likeness (QED) is 0.838. The third-order valence-electron chi connectivity index (χ3n) is 4.41. The molecule has 0 saturated carbocycles. The van der Waals surface area contributed by atoms with Crippen LogP contribution in [0.5, 0.6) is 0 Å². The summed E-state index contributed by atoms with van der Waals surface area (Å²) in [6.07, 6.45) is 3.51. The van der Waals surface area contributed by atoms with Crippen molar-refractivity contribution in [2.45, 2.75) is 52.0 Å². The molecule has 1 aliphatic rings. The summed E-state index contributed by atoms with van der Waals surface area (Å²) in [5.41, 5.74) is 1.29. The van der Waals surface area contributed by atoms with Crippen LogP contribution in [0.25, 0.3) is 0 Å². The van der Waals surface area contributed by atoms with Crippen LogP contribution in [0, 0.1) is 0 Å². The van der Waals surface area contributed by atoms with Crippen LogP contribution in [0.3, 0.4) is 0 Å². The second-order valence-corrected chi connectivity index (χ2v) is 6.42. The van der Waals surface area contributed by atoms with Crippen LogP contribution in [0.15, 0.2) is 0 Å². The van der Waals surface area contributed by atoms with Crippen molar-refractivity contribution in [2.24, 2.45) is 7.05 Å². The number of carbonyl (C=O) groups excluding carboxylic acids is 1. The van der Waals surface area contributed by atoms with Crippen molar-refractivity contribution in [1.29, 1.82) is 0 Å².